The van der Waals surface area contributed by atoms with Crippen molar-refractivity contribution in [2.24, 2.45) is 5.73 Å². The summed E-state index contributed by atoms with van der Waals surface area (Å²) in [5.74, 6) is 0.0151. The van der Waals surface area contributed by atoms with Crippen molar-refractivity contribution >= 4 is 11.6 Å². The fourth-order valence-electron chi connectivity index (χ4n) is 3.82. The molecule has 1 aliphatic heterocycles. The molecule has 1 aromatic carbocycles. The third kappa shape index (κ3) is 3.96. The van der Waals surface area contributed by atoms with E-state index in [4.69, 9.17) is 5.73 Å². The van der Waals surface area contributed by atoms with E-state index in [0.29, 0.717) is 18.5 Å². The zero-order valence-electron chi connectivity index (χ0n) is 17.7. The molecule has 8 nitrogen and oxygen atoms in total. The second kappa shape index (κ2) is 8.46. The van der Waals surface area contributed by atoms with Gasteiger partial charge in [-0.15, -0.1) is 0 Å². The van der Waals surface area contributed by atoms with E-state index >= 15 is 0 Å². The van der Waals surface area contributed by atoms with Gasteiger partial charge >= 0.3 is 5.69 Å². The van der Waals surface area contributed by atoms with Crippen LogP contribution in [0.15, 0.2) is 47.2 Å². The maximum Gasteiger partial charge on any atom is 0.350 e. The van der Waals surface area contributed by atoms with E-state index in [0.717, 1.165) is 38.3 Å². The molecule has 10 heteroatoms. The minimum Gasteiger partial charge on any atom is -0.327 e. The molecule has 3 N–H and O–H groups in total. The first-order chi connectivity index (χ1) is 15.3. The second-order valence-electron chi connectivity index (χ2n) is 7.74. The molecule has 0 fully saturated rings. The zero-order chi connectivity index (χ0) is 23.0. The van der Waals surface area contributed by atoms with E-state index in [-0.39, 0.29) is 24.6 Å². The van der Waals surface area contributed by atoms with Crippen LogP contribution in [-0.4, -0.2) is 31.8 Å². The average Bonchev–Trinajstić information content (AvgIpc) is 3.12. The predicted molar refractivity (Wildman–Crippen MR) is 116 cm³/mol. The van der Waals surface area contributed by atoms with Gasteiger partial charge in [0.2, 0.25) is 5.91 Å². The average molecular weight is 440 g/mol. The van der Waals surface area contributed by atoms with Gasteiger partial charge < -0.3 is 11.1 Å². The Bertz CT molecular complexity index is 1300. The van der Waals surface area contributed by atoms with Crippen LogP contribution in [-0.2, 0) is 17.8 Å². The van der Waals surface area contributed by atoms with Crippen molar-refractivity contribution in [3.8, 4) is 16.9 Å². The van der Waals surface area contributed by atoms with Crippen LogP contribution in [0.25, 0.3) is 16.9 Å². The van der Waals surface area contributed by atoms with Crippen molar-refractivity contribution in [3.05, 3.63) is 69.6 Å². The van der Waals surface area contributed by atoms with E-state index in [1.807, 2.05) is 26.0 Å². The summed E-state index contributed by atoms with van der Waals surface area (Å²) in [6.45, 7) is 3.09. The van der Waals surface area contributed by atoms with Crippen LogP contribution in [0.2, 0.25) is 0 Å². The minimum absolute atomic E-state index is 0.0151. The first kappa shape index (κ1) is 21.6. The lowest BCUT2D eigenvalue weighted by atomic mass is 9.94. The van der Waals surface area contributed by atoms with Crippen molar-refractivity contribution in [1.29, 1.82) is 0 Å². The van der Waals surface area contributed by atoms with Gasteiger partial charge in [0, 0.05) is 29.8 Å². The molecule has 2 aromatic heterocycles. The smallest absolute Gasteiger partial charge is 0.327 e. The second-order valence-corrected chi connectivity index (χ2v) is 7.74. The lowest BCUT2D eigenvalue weighted by Crippen LogP contribution is -2.26. The highest BCUT2D eigenvalue weighted by molar-refractivity contribution is 5.95. The number of aryl methyl sites for hydroxylation is 3. The van der Waals surface area contributed by atoms with Gasteiger partial charge in [-0.2, -0.15) is 13.9 Å². The maximum absolute atomic E-state index is 12.9. The number of hydrogen-bond acceptors (Lipinski definition) is 5. The summed E-state index contributed by atoms with van der Waals surface area (Å²) in [5, 5.41) is 6.84. The minimum atomic E-state index is -1.91. The number of rotatable bonds is 5. The summed E-state index contributed by atoms with van der Waals surface area (Å²) in [4.78, 5) is 28.9. The molecule has 4 rings (SSSR count). The molecule has 3 aromatic rings. The fourth-order valence-corrected chi connectivity index (χ4v) is 3.82. The number of carbonyl (C=O) groups is 1. The monoisotopic (exact) mass is 440 g/mol. The first-order valence-electron chi connectivity index (χ1n) is 10.1. The van der Waals surface area contributed by atoms with Gasteiger partial charge in [0.15, 0.2) is 0 Å². The normalized spacial score (nSPS) is 13.0. The van der Waals surface area contributed by atoms with Gasteiger partial charge in [0.05, 0.1) is 24.1 Å². The van der Waals surface area contributed by atoms with E-state index < -0.39 is 11.8 Å². The van der Waals surface area contributed by atoms with Gasteiger partial charge in [-0.3, -0.25) is 9.78 Å². The van der Waals surface area contributed by atoms with Crippen LogP contribution < -0.4 is 16.7 Å². The summed E-state index contributed by atoms with van der Waals surface area (Å²) in [6.07, 6.45) is 2.02. The number of carbonyl (C=O) groups excluding carboxylic acids is 1. The van der Waals surface area contributed by atoms with Crippen molar-refractivity contribution < 1.29 is 13.6 Å². The SMILES string of the molecule is Cc1cc(-n2cnn(CC(CN)=C(F)F)c2=O)cnc1-c1cc(C)c2c(c1)CCC(=O)N2. The number of nitrogens with one attached hydrogen (secondary N) is 1. The Morgan fingerprint density at radius 3 is 2.62 bits per heavy atom. The Hall–Kier alpha value is -3.66. The quantitative estimate of drug-likeness (QED) is 0.634. The van der Waals surface area contributed by atoms with E-state index in [1.54, 1.807) is 12.3 Å². The van der Waals surface area contributed by atoms with E-state index in [1.165, 1.54) is 10.9 Å². The summed E-state index contributed by atoms with van der Waals surface area (Å²) >= 11 is 0. The highest BCUT2D eigenvalue weighted by Gasteiger charge is 2.19. The van der Waals surface area contributed by atoms with Crippen LogP contribution in [0.4, 0.5) is 14.5 Å². The van der Waals surface area contributed by atoms with Crippen LogP contribution in [0, 0.1) is 13.8 Å². The standard InChI is InChI=1S/C22H22F2N6O2/c1-12-5-15(7-14-3-4-18(31)28-20(12)14)19-13(2)6-17(9-26-19)29-11-27-30(22(29)32)10-16(8-25)21(23)24/h5-7,9,11H,3-4,8,10,25H2,1-2H3,(H,28,31). The molecule has 166 valence electrons. The molecule has 0 aliphatic carbocycles. The number of anilines is 1. The Labute approximate surface area is 182 Å². The molecule has 3 heterocycles. The molecule has 0 saturated heterocycles. The first-order valence-corrected chi connectivity index (χ1v) is 10.1. The molecule has 0 radical (unpaired) electrons. The molecule has 1 aliphatic rings. The number of amides is 1. The molecule has 0 spiro atoms. The van der Waals surface area contributed by atoms with Gasteiger partial charge in [-0.25, -0.2) is 14.0 Å². The van der Waals surface area contributed by atoms with Crippen molar-refractivity contribution in [3.63, 3.8) is 0 Å². The lowest BCUT2D eigenvalue weighted by molar-refractivity contribution is -0.116. The Morgan fingerprint density at radius 1 is 1.16 bits per heavy atom. The molecule has 0 saturated carbocycles. The maximum atomic E-state index is 12.9. The third-order valence-corrected chi connectivity index (χ3v) is 5.51. The van der Waals surface area contributed by atoms with Gasteiger partial charge in [-0.05, 0) is 55.2 Å². The largest absolute Gasteiger partial charge is 0.350 e. The van der Waals surface area contributed by atoms with Gasteiger partial charge in [0.25, 0.3) is 6.08 Å². The number of halogens is 2. The number of nitrogens with zero attached hydrogens (tertiary/aromatic N) is 4. The summed E-state index contributed by atoms with van der Waals surface area (Å²) < 4.78 is 27.9. The summed E-state index contributed by atoms with van der Waals surface area (Å²) in [7, 11) is 0. The van der Waals surface area contributed by atoms with Crippen molar-refractivity contribution in [2.75, 3.05) is 11.9 Å². The molecule has 32 heavy (non-hydrogen) atoms. The molecule has 0 unspecified atom stereocenters. The summed E-state index contributed by atoms with van der Waals surface area (Å²) in [6, 6.07) is 5.78. The molecule has 0 bridgehead atoms. The highest BCUT2D eigenvalue weighted by Crippen LogP contribution is 2.32. The lowest BCUT2D eigenvalue weighted by Gasteiger charge is -2.20. The topological polar surface area (TPSA) is 108 Å². The zero-order valence-corrected chi connectivity index (χ0v) is 17.7. The Kier molecular flexibility index (Phi) is 5.70. The van der Waals surface area contributed by atoms with Gasteiger partial charge in [-0.1, -0.05) is 0 Å². The fraction of sp³-hybridized carbons (Fsp3) is 0.273. The van der Waals surface area contributed by atoms with Crippen LogP contribution in [0.1, 0.15) is 23.1 Å². The predicted octanol–water partition coefficient (Wildman–Crippen LogP) is 2.71. The number of benzene rings is 1. The molecular weight excluding hydrogens is 418 g/mol. The molecular formula is C22H22F2N6O2. The van der Waals surface area contributed by atoms with Crippen LogP contribution in [0.3, 0.4) is 0 Å². The van der Waals surface area contributed by atoms with Crippen molar-refractivity contribution in [2.45, 2.75) is 33.2 Å². The Balaban J connectivity index is 1.67. The number of hydrogen-bond donors (Lipinski definition) is 2. The van der Waals surface area contributed by atoms with Crippen molar-refractivity contribution in [1.82, 2.24) is 19.3 Å². The summed E-state index contributed by atoms with van der Waals surface area (Å²) in [5.41, 5.74) is 10.3. The van der Waals surface area contributed by atoms with Crippen LogP contribution in [0.5, 0.6) is 0 Å². The van der Waals surface area contributed by atoms with E-state index in [2.05, 4.69) is 15.4 Å². The van der Waals surface area contributed by atoms with Gasteiger partial charge in [0.1, 0.15) is 6.33 Å². The number of fused-ring (bicyclic) bond motifs is 1. The molecule has 1 amide bonds. The molecule has 0 atom stereocenters. The number of aromatic nitrogens is 4. The highest BCUT2D eigenvalue weighted by atomic mass is 19.3. The third-order valence-electron chi connectivity index (χ3n) is 5.51. The Morgan fingerprint density at radius 2 is 1.94 bits per heavy atom. The van der Waals surface area contributed by atoms with Crippen LogP contribution >= 0.6 is 0 Å². The van der Waals surface area contributed by atoms with E-state index in [9.17, 15) is 18.4 Å². The number of pyridine rings is 1. The number of nitrogens with two attached hydrogens (primary N) is 1.